The van der Waals surface area contributed by atoms with Gasteiger partial charge in [0.05, 0.1) is 5.41 Å². The van der Waals surface area contributed by atoms with Crippen LogP contribution in [0, 0.1) is 5.41 Å². The first-order valence-electron chi connectivity index (χ1n) is 6.99. The van der Waals surface area contributed by atoms with Crippen molar-refractivity contribution in [2.45, 2.75) is 39.3 Å². The molecule has 0 aromatic carbocycles. The highest BCUT2D eigenvalue weighted by Crippen LogP contribution is 2.35. The Bertz CT molecular complexity index is 391. The lowest BCUT2D eigenvalue weighted by molar-refractivity contribution is -0.152. The summed E-state index contributed by atoms with van der Waals surface area (Å²) in [5.41, 5.74) is -0.863. The first-order chi connectivity index (χ1) is 9.65. The Kier molecular flexibility index (Phi) is 5.47. The van der Waals surface area contributed by atoms with Crippen molar-refractivity contribution < 1.29 is 27.9 Å². The van der Waals surface area contributed by atoms with E-state index in [-0.39, 0.29) is 32.5 Å². The third-order valence-corrected chi connectivity index (χ3v) is 4.14. The second kappa shape index (κ2) is 6.53. The van der Waals surface area contributed by atoms with E-state index in [1.54, 1.807) is 6.92 Å². The zero-order valence-electron chi connectivity index (χ0n) is 12.2. The second-order valence-corrected chi connectivity index (χ2v) is 5.34. The third kappa shape index (κ3) is 4.25. The van der Waals surface area contributed by atoms with Crippen molar-refractivity contribution in [2.24, 2.45) is 5.41 Å². The quantitative estimate of drug-likeness (QED) is 0.868. The van der Waals surface area contributed by atoms with Gasteiger partial charge in [0, 0.05) is 19.6 Å². The predicted octanol–water partition coefficient (Wildman–Crippen LogP) is 2.57. The molecule has 1 rings (SSSR count). The molecule has 122 valence electrons. The normalized spacial score (nSPS) is 18.4. The number of carbonyl (C=O) groups is 2. The molecule has 1 saturated heterocycles. The van der Waals surface area contributed by atoms with Gasteiger partial charge in [-0.15, -0.1) is 0 Å². The summed E-state index contributed by atoms with van der Waals surface area (Å²) in [6.45, 7) is 2.29. The smallest absolute Gasteiger partial charge is 0.406 e. The van der Waals surface area contributed by atoms with E-state index in [1.165, 1.54) is 11.8 Å². The number of hydrogen-bond acceptors (Lipinski definition) is 2. The molecule has 1 fully saturated rings. The SMILES string of the molecule is CCN(CC(F)(F)F)C(=O)N1CCC(CC)(C(=O)O)CC1. The number of piperidine rings is 1. The summed E-state index contributed by atoms with van der Waals surface area (Å²) in [7, 11) is 0. The van der Waals surface area contributed by atoms with Gasteiger partial charge in [-0.3, -0.25) is 4.79 Å². The molecule has 21 heavy (non-hydrogen) atoms. The van der Waals surface area contributed by atoms with Crippen LogP contribution in [0.25, 0.3) is 0 Å². The number of alkyl halides is 3. The molecule has 1 N–H and O–H groups in total. The van der Waals surface area contributed by atoms with Crippen LogP contribution in [0.4, 0.5) is 18.0 Å². The number of aliphatic carboxylic acids is 1. The summed E-state index contributed by atoms with van der Waals surface area (Å²) in [5, 5.41) is 9.26. The summed E-state index contributed by atoms with van der Waals surface area (Å²) in [5.74, 6) is -0.903. The summed E-state index contributed by atoms with van der Waals surface area (Å²) in [4.78, 5) is 25.4. The first kappa shape index (κ1) is 17.6. The lowest BCUT2D eigenvalue weighted by Gasteiger charge is -2.40. The standard InChI is InChI=1S/C13H21F3N2O3/c1-3-12(10(19)20)5-7-18(8-6-12)11(21)17(4-2)9-13(14,15)16/h3-9H2,1-2H3,(H,19,20). The molecule has 0 unspecified atom stereocenters. The van der Waals surface area contributed by atoms with Gasteiger partial charge in [0.25, 0.3) is 0 Å². The topological polar surface area (TPSA) is 60.9 Å². The van der Waals surface area contributed by atoms with Crippen LogP contribution in [0.1, 0.15) is 33.1 Å². The van der Waals surface area contributed by atoms with Crippen LogP contribution in [-0.2, 0) is 4.79 Å². The molecule has 2 amide bonds. The minimum Gasteiger partial charge on any atom is -0.481 e. The summed E-state index contributed by atoms with van der Waals surface area (Å²) in [6, 6.07) is -0.676. The summed E-state index contributed by atoms with van der Waals surface area (Å²) < 4.78 is 37.2. The van der Waals surface area contributed by atoms with Crippen molar-refractivity contribution in [3.63, 3.8) is 0 Å². The van der Waals surface area contributed by atoms with Crippen LogP contribution < -0.4 is 0 Å². The molecule has 1 aliphatic heterocycles. The Morgan fingerprint density at radius 1 is 1.24 bits per heavy atom. The predicted molar refractivity (Wildman–Crippen MR) is 69.9 cm³/mol. The van der Waals surface area contributed by atoms with Gasteiger partial charge < -0.3 is 14.9 Å². The van der Waals surface area contributed by atoms with Gasteiger partial charge in [0.2, 0.25) is 0 Å². The third-order valence-electron chi connectivity index (χ3n) is 4.14. The fraction of sp³-hybridized carbons (Fsp3) is 0.846. The molecule has 0 spiro atoms. The number of amides is 2. The van der Waals surface area contributed by atoms with Crippen LogP contribution in [0.3, 0.4) is 0 Å². The van der Waals surface area contributed by atoms with Crippen molar-refractivity contribution in [2.75, 3.05) is 26.2 Å². The molecule has 0 aromatic rings. The number of rotatable bonds is 4. The number of carboxylic acid groups (broad SMARTS) is 1. The van der Waals surface area contributed by atoms with Crippen LogP contribution >= 0.6 is 0 Å². The van der Waals surface area contributed by atoms with E-state index in [2.05, 4.69) is 0 Å². The number of carboxylic acids is 1. The average Bonchev–Trinajstić information content (AvgIpc) is 2.43. The van der Waals surface area contributed by atoms with Gasteiger partial charge in [-0.05, 0) is 26.2 Å². The number of hydrogen-bond donors (Lipinski definition) is 1. The van der Waals surface area contributed by atoms with Gasteiger partial charge in [-0.1, -0.05) is 6.92 Å². The second-order valence-electron chi connectivity index (χ2n) is 5.34. The number of likely N-dealkylation sites (tertiary alicyclic amines) is 1. The van der Waals surface area contributed by atoms with Crippen LogP contribution in [0.15, 0.2) is 0 Å². The van der Waals surface area contributed by atoms with E-state index in [4.69, 9.17) is 0 Å². The van der Waals surface area contributed by atoms with E-state index in [1.807, 2.05) is 0 Å². The zero-order valence-corrected chi connectivity index (χ0v) is 12.2. The Balaban J connectivity index is 2.68. The molecule has 0 aliphatic carbocycles. The molecule has 0 radical (unpaired) electrons. The lowest BCUT2D eigenvalue weighted by Crippen LogP contribution is -2.52. The van der Waals surface area contributed by atoms with Crippen molar-refractivity contribution in [3.8, 4) is 0 Å². The fourth-order valence-electron chi connectivity index (χ4n) is 2.58. The molecular formula is C13H21F3N2O3. The molecule has 8 heteroatoms. The minimum atomic E-state index is -4.43. The van der Waals surface area contributed by atoms with Gasteiger partial charge in [0.1, 0.15) is 6.54 Å². The van der Waals surface area contributed by atoms with Gasteiger partial charge >= 0.3 is 18.2 Å². The molecule has 0 bridgehead atoms. The molecular weight excluding hydrogens is 289 g/mol. The van der Waals surface area contributed by atoms with Crippen LogP contribution in [0.2, 0.25) is 0 Å². The summed E-state index contributed by atoms with van der Waals surface area (Å²) >= 11 is 0. The number of urea groups is 1. The molecule has 0 saturated carbocycles. The van der Waals surface area contributed by atoms with E-state index in [9.17, 15) is 27.9 Å². The Morgan fingerprint density at radius 3 is 2.10 bits per heavy atom. The van der Waals surface area contributed by atoms with E-state index >= 15 is 0 Å². The van der Waals surface area contributed by atoms with Gasteiger partial charge in [-0.2, -0.15) is 13.2 Å². The van der Waals surface area contributed by atoms with E-state index < -0.39 is 30.1 Å². The Morgan fingerprint density at radius 2 is 1.76 bits per heavy atom. The fourth-order valence-corrected chi connectivity index (χ4v) is 2.58. The maximum atomic E-state index is 12.4. The number of carbonyl (C=O) groups excluding carboxylic acids is 1. The van der Waals surface area contributed by atoms with Crippen molar-refractivity contribution >= 4 is 12.0 Å². The highest BCUT2D eigenvalue weighted by atomic mass is 19.4. The van der Waals surface area contributed by atoms with Crippen molar-refractivity contribution in [3.05, 3.63) is 0 Å². The lowest BCUT2D eigenvalue weighted by atomic mass is 9.76. The Labute approximate surface area is 121 Å². The van der Waals surface area contributed by atoms with E-state index in [0.29, 0.717) is 6.42 Å². The Hall–Kier alpha value is -1.47. The van der Waals surface area contributed by atoms with Crippen molar-refractivity contribution in [1.29, 1.82) is 0 Å². The largest absolute Gasteiger partial charge is 0.481 e. The monoisotopic (exact) mass is 310 g/mol. The van der Waals surface area contributed by atoms with Crippen LogP contribution in [-0.4, -0.2) is 59.3 Å². The van der Waals surface area contributed by atoms with Crippen LogP contribution in [0.5, 0.6) is 0 Å². The van der Waals surface area contributed by atoms with Gasteiger partial charge in [0.15, 0.2) is 0 Å². The molecule has 1 heterocycles. The summed E-state index contributed by atoms with van der Waals surface area (Å²) in [6.07, 6.45) is -3.44. The highest BCUT2D eigenvalue weighted by molar-refractivity contribution is 5.77. The van der Waals surface area contributed by atoms with Crippen molar-refractivity contribution in [1.82, 2.24) is 9.80 Å². The van der Waals surface area contributed by atoms with Gasteiger partial charge in [-0.25, -0.2) is 4.79 Å². The van der Waals surface area contributed by atoms with E-state index in [0.717, 1.165) is 4.90 Å². The molecule has 0 atom stereocenters. The maximum absolute atomic E-state index is 12.4. The number of halogens is 3. The molecule has 5 nitrogen and oxygen atoms in total. The molecule has 0 aromatic heterocycles. The first-order valence-corrected chi connectivity index (χ1v) is 6.99. The number of nitrogens with zero attached hydrogens (tertiary/aromatic N) is 2. The molecule has 1 aliphatic rings. The highest BCUT2D eigenvalue weighted by Gasteiger charge is 2.42. The maximum Gasteiger partial charge on any atom is 0.406 e. The minimum absolute atomic E-state index is 0.0350. The zero-order chi connectivity index (χ0) is 16.3. The average molecular weight is 310 g/mol.